The average molecular weight is 273 g/mol. The SMILES string of the molecule is CCC(C)C(C)NC(=O)c1cccc(C#CCCO)c1. The molecule has 3 nitrogen and oxygen atoms in total. The molecule has 1 rings (SSSR count). The maximum Gasteiger partial charge on any atom is 0.251 e. The second kappa shape index (κ2) is 8.39. The molecule has 2 atom stereocenters. The lowest BCUT2D eigenvalue weighted by Gasteiger charge is -2.19. The molecule has 0 heterocycles. The number of nitrogens with one attached hydrogen (secondary N) is 1. The van der Waals surface area contributed by atoms with Crippen LogP contribution in [0.15, 0.2) is 24.3 Å². The Labute approximate surface area is 121 Å². The van der Waals surface area contributed by atoms with Gasteiger partial charge < -0.3 is 10.4 Å². The van der Waals surface area contributed by atoms with Gasteiger partial charge in [-0.2, -0.15) is 0 Å². The van der Waals surface area contributed by atoms with Crippen LogP contribution >= 0.6 is 0 Å². The first-order valence-electron chi connectivity index (χ1n) is 7.09. The van der Waals surface area contributed by atoms with Crippen molar-refractivity contribution in [3.8, 4) is 11.8 Å². The van der Waals surface area contributed by atoms with E-state index in [2.05, 4.69) is 31.0 Å². The topological polar surface area (TPSA) is 49.3 Å². The van der Waals surface area contributed by atoms with Gasteiger partial charge in [-0.1, -0.05) is 38.2 Å². The van der Waals surface area contributed by atoms with E-state index in [9.17, 15) is 4.79 Å². The minimum absolute atomic E-state index is 0.0552. The Balaban J connectivity index is 2.74. The molecule has 0 aliphatic rings. The fourth-order valence-corrected chi connectivity index (χ4v) is 1.74. The smallest absolute Gasteiger partial charge is 0.251 e. The van der Waals surface area contributed by atoms with E-state index in [4.69, 9.17) is 5.11 Å². The fourth-order valence-electron chi connectivity index (χ4n) is 1.74. The van der Waals surface area contributed by atoms with E-state index in [-0.39, 0.29) is 18.6 Å². The fraction of sp³-hybridized carbons (Fsp3) is 0.471. The van der Waals surface area contributed by atoms with Gasteiger partial charge in [0, 0.05) is 23.6 Å². The van der Waals surface area contributed by atoms with Crippen LogP contribution < -0.4 is 5.32 Å². The molecule has 20 heavy (non-hydrogen) atoms. The Morgan fingerprint density at radius 1 is 1.40 bits per heavy atom. The summed E-state index contributed by atoms with van der Waals surface area (Å²) in [7, 11) is 0. The maximum absolute atomic E-state index is 12.2. The zero-order valence-electron chi connectivity index (χ0n) is 12.4. The van der Waals surface area contributed by atoms with Gasteiger partial charge in [-0.05, 0) is 31.0 Å². The Kier molecular flexibility index (Phi) is 6.83. The molecule has 2 N–H and O–H groups in total. The maximum atomic E-state index is 12.2. The van der Waals surface area contributed by atoms with Crippen molar-refractivity contribution in [2.24, 2.45) is 5.92 Å². The summed E-state index contributed by atoms with van der Waals surface area (Å²) in [6.07, 6.45) is 1.48. The Morgan fingerprint density at radius 3 is 2.80 bits per heavy atom. The molecule has 3 heteroatoms. The summed E-state index contributed by atoms with van der Waals surface area (Å²) >= 11 is 0. The van der Waals surface area contributed by atoms with Crippen molar-refractivity contribution in [2.75, 3.05) is 6.61 Å². The van der Waals surface area contributed by atoms with Crippen molar-refractivity contribution in [3.05, 3.63) is 35.4 Å². The number of hydrogen-bond donors (Lipinski definition) is 2. The van der Waals surface area contributed by atoms with Gasteiger partial charge >= 0.3 is 0 Å². The van der Waals surface area contributed by atoms with Crippen molar-refractivity contribution in [2.45, 2.75) is 39.7 Å². The van der Waals surface area contributed by atoms with E-state index in [0.717, 1.165) is 12.0 Å². The number of carbonyl (C=O) groups excluding carboxylic acids is 1. The number of carbonyl (C=O) groups is 1. The lowest BCUT2D eigenvalue weighted by Crippen LogP contribution is -2.36. The van der Waals surface area contributed by atoms with Crippen LogP contribution in [0, 0.1) is 17.8 Å². The molecule has 0 aliphatic heterocycles. The van der Waals surface area contributed by atoms with Crippen LogP contribution in [-0.2, 0) is 0 Å². The van der Waals surface area contributed by atoms with Gasteiger partial charge in [0.1, 0.15) is 0 Å². The normalized spacial score (nSPS) is 13.0. The minimum atomic E-state index is -0.0661. The predicted molar refractivity (Wildman–Crippen MR) is 81.4 cm³/mol. The van der Waals surface area contributed by atoms with Crippen LogP contribution in [0.25, 0.3) is 0 Å². The lowest BCUT2D eigenvalue weighted by atomic mass is 10.0. The highest BCUT2D eigenvalue weighted by Gasteiger charge is 2.14. The zero-order chi connectivity index (χ0) is 15.0. The van der Waals surface area contributed by atoms with Crippen molar-refractivity contribution in [1.29, 1.82) is 0 Å². The van der Waals surface area contributed by atoms with Gasteiger partial charge in [0.25, 0.3) is 5.91 Å². The molecule has 0 aliphatic carbocycles. The zero-order valence-corrected chi connectivity index (χ0v) is 12.4. The third-order valence-electron chi connectivity index (χ3n) is 3.45. The molecular formula is C17H23NO2. The van der Waals surface area contributed by atoms with Crippen LogP contribution in [0.2, 0.25) is 0 Å². The van der Waals surface area contributed by atoms with Crippen LogP contribution in [0.4, 0.5) is 0 Å². The third-order valence-corrected chi connectivity index (χ3v) is 3.45. The monoisotopic (exact) mass is 273 g/mol. The molecule has 0 radical (unpaired) electrons. The van der Waals surface area contributed by atoms with E-state index < -0.39 is 0 Å². The Bertz CT molecular complexity index is 499. The van der Waals surface area contributed by atoms with Crippen molar-refractivity contribution in [3.63, 3.8) is 0 Å². The van der Waals surface area contributed by atoms with Crippen molar-refractivity contribution < 1.29 is 9.90 Å². The summed E-state index contributed by atoms with van der Waals surface area (Å²) in [6, 6.07) is 7.40. The highest BCUT2D eigenvalue weighted by Crippen LogP contribution is 2.09. The first kappa shape index (κ1) is 16.3. The van der Waals surface area contributed by atoms with Crippen molar-refractivity contribution >= 4 is 5.91 Å². The number of amides is 1. The standard InChI is InChI=1S/C17H23NO2/c1-4-13(2)14(3)18-17(20)16-10-7-9-15(12-16)8-5-6-11-19/h7,9-10,12-14,19H,4,6,11H2,1-3H3,(H,18,20). The van der Waals surface area contributed by atoms with Crippen molar-refractivity contribution in [1.82, 2.24) is 5.32 Å². The van der Waals surface area contributed by atoms with Crippen LogP contribution in [-0.4, -0.2) is 23.7 Å². The molecule has 0 saturated carbocycles. The van der Waals surface area contributed by atoms with Crippen LogP contribution in [0.5, 0.6) is 0 Å². The van der Waals surface area contributed by atoms with Gasteiger partial charge in [0.2, 0.25) is 0 Å². The quantitative estimate of drug-likeness (QED) is 0.810. The first-order chi connectivity index (χ1) is 9.58. The first-order valence-corrected chi connectivity index (χ1v) is 7.09. The molecule has 0 aromatic heterocycles. The molecule has 108 valence electrons. The largest absolute Gasteiger partial charge is 0.395 e. The minimum Gasteiger partial charge on any atom is -0.395 e. The summed E-state index contributed by atoms with van der Waals surface area (Å²) < 4.78 is 0. The molecular weight excluding hydrogens is 250 g/mol. The van der Waals surface area contributed by atoms with Gasteiger partial charge in [0.05, 0.1) is 6.61 Å². The van der Waals surface area contributed by atoms with Gasteiger partial charge in [0.15, 0.2) is 0 Å². The number of aliphatic hydroxyl groups excluding tert-OH is 1. The molecule has 0 bridgehead atoms. The summed E-state index contributed by atoms with van der Waals surface area (Å²) in [4.78, 5) is 12.2. The van der Waals surface area contributed by atoms with Gasteiger partial charge in [-0.25, -0.2) is 0 Å². The average Bonchev–Trinajstić information content (AvgIpc) is 2.46. The molecule has 1 aromatic carbocycles. The molecule has 0 fully saturated rings. The van der Waals surface area contributed by atoms with E-state index in [1.54, 1.807) is 12.1 Å². The van der Waals surface area contributed by atoms with Crippen LogP contribution in [0.3, 0.4) is 0 Å². The van der Waals surface area contributed by atoms with Gasteiger partial charge in [-0.15, -0.1) is 0 Å². The predicted octanol–water partition coefficient (Wildman–Crippen LogP) is 2.58. The second-order valence-corrected chi connectivity index (χ2v) is 5.00. The van der Waals surface area contributed by atoms with Gasteiger partial charge in [-0.3, -0.25) is 4.79 Å². The highest BCUT2D eigenvalue weighted by atomic mass is 16.2. The molecule has 1 amide bonds. The Hall–Kier alpha value is -1.79. The third kappa shape index (κ3) is 5.07. The molecule has 0 saturated heterocycles. The molecule has 0 spiro atoms. The number of benzene rings is 1. The van der Waals surface area contributed by atoms with E-state index >= 15 is 0 Å². The Morgan fingerprint density at radius 2 is 2.15 bits per heavy atom. The summed E-state index contributed by atoms with van der Waals surface area (Å²) in [6.45, 7) is 6.32. The molecule has 1 aromatic rings. The summed E-state index contributed by atoms with van der Waals surface area (Å²) in [5.74, 6) is 6.18. The second-order valence-electron chi connectivity index (χ2n) is 5.00. The lowest BCUT2D eigenvalue weighted by molar-refractivity contribution is 0.0928. The van der Waals surface area contributed by atoms with E-state index in [0.29, 0.717) is 17.9 Å². The van der Waals surface area contributed by atoms with Crippen LogP contribution in [0.1, 0.15) is 49.5 Å². The number of rotatable bonds is 5. The highest BCUT2D eigenvalue weighted by molar-refractivity contribution is 5.94. The van der Waals surface area contributed by atoms with E-state index in [1.807, 2.05) is 19.1 Å². The molecule has 2 unspecified atom stereocenters. The summed E-state index contributed by atoms with van der Waals surface area (Å²) in [5.41, 5.74) is 1.42. The number of hydrogen-bond acceptors (Lipinski definition) is 2. The van der Waals surface area contributed by atoms with E-state index in [1.165, 1.54) is 0 Å². The summed E-state index contributed by atoms with van der Waals surface area (Å²) in [5, 5.41) is 11.7. The number of aliphatic hydroxyl groups is 1.